The first-order chi connectivity index (χ1) is 10.2. The monoisotopic (exact) mass is 283 g/mol. The summed E-state index contributed by atoms with van der Waals surface area (Å²) in [4.78, 5) is 0. The van der Waals surface area contributed by atoms with E-state index >= 15 is 0 Å². The molecule has 110 valence electrons. The first kappa shape index (κ1) is 14.1. The number of benzene rings is 2. The van der Waals surface area contributed by atoms with Gasteiger partial charge in [-0.25, -0.2) is 0 Å². The maximum atomic E-state index is 10.3. The number of methoxy groups -OCH3 is 1. The Labute approximate surface area is 125 Å². The normalized spacial score (nSPS) is 21.9. The van der Waals surface area contributed by atoms with Crippen molar-refractivity contribution < 1.29 is 9.84 Å². The van der Waals surface area contributed by atoms with Crippen LogP contribution in [0.3, 0.4) is 0 Å². The van der Waals surface area contributed by atoms with Crippen molar-refractivity contribution in [3.8, 4) is 5.75 Å². The summed E-state index contributed by atoms with van der Waals surface area (Å²) in [6.45, 7) is 2.10. The first-order valence-corrected chi connectivity index (χ1v) is 7.35. The fraction of sp³-hybridized carbons (Fsp3) is 0.333. The van der Waals surface area contributed by atoms with Crippen LogP contribution in [0.25, 0.3) is 0 Å². The minimum Gasteiger partial charge on any atom is -0.496 e. The fourth-order valence-electron chi connectivity index (χ4n) is 3.16. The zero-order chi connectivity index (χ0) is 14.8. The predicted molar refractivity (Wildman–Crippen MR) is 83.4 cm³/mol. The Kier molecular flexibility index (Phi) is 3.95. The first-order valence-electron chi connectivity index (χ1n) is 7.35. The third kappa shape index (κ3) is 2.67. The van der Waals surface area contributed by atoms with Crippen LogP contribution in [0.2, 0.25) is 0 Å². The molecule has 2 aromatic carbocycles. The summed E-state index contributed by atoms with van der Waals surface area (Å²) >= 11 is 0. The molecule has 3 rings (SSSR count). The number of ether oxygens (including phenoxy) is 1. The van der Waals surface area contributed by atoms with E-state index in [1.165, 1.54) is 11.1 Å². The average molecular weight is 283 g/mol. The lowest BCUT2D eigenvalue weighted by Gasteiger charge is -2.24. The van der Waals surface area contributed by atoms with Crippen molar-refractivity contribution in [1.29, 1.82) is 0 Å². The molecule has 1 aliphatic carbocycles. The molecule has 21 heavy (non-hydrogen) atoms. The number of hydrogen-bond donors (Lipinski definition) is 2. The van der Waals surface area contributed by atoms with E-state index in [0.29, 0.717) is 6.42 Å². The molecule has 3 nitrogen and oxygen atoms in total. The van der Waals surface area contributed by atoms with E-state index in [0.717, 1.165) is 11.3 Å². The summed E-state index contributed by atoms with van der Waals surface area (Å²) in [7, 11) is 1.69. The van der Waals surface area contributed by atoms with Crippen molar-refractivity contribution >= 4 is 0 Å². The molecule has 0 saturated carbocycles. The third-order valence-electron chi connectivity index (χ3n) is 4.24. The van der Waals surface area contributed by atoms with E-state index in [2.05, 4.69) is 30.4 Å². The minimum atomic E-state index is -0.375. The maximum absolute atomic E-state index is 10.3. The van der Waals surface area contributed by atoms with Gasteiger partial charge in [-0.1, -0.05) is 42.5 Å². The van der Waals surface area contributed by atoms with Gasteiger partial charge in [0.25, 0.3) is 0 Å². The molecule has 0 fully saturated rings. The number of hydrogen-bond acceptors (Lipinski definition) is 3. The molecule has 0 saturated heterocycles. The molecular formula is C18H21NO2. The number of aliphatic hydroxyl groups excluding tert-OH is 1. The number of fused-ring (bicyclic) bond motifs is 1. The van der Waals surface area contributed by atoms with Gasteiger partial charge in [0.05, 0.1) is 19.3 Å². The van der Waals surface area contributed by atoms with E-state index < -0.39 is 0 Å². The highest BCUT2D eigenvalue weighted by Crippen LogP contribution is 2.34. The van der Waals surface area contributed by atoms with Gasteiger partial charge in [0.1, 0.15) is 5.75 Å². The molecule has 0 radical (unpaired) electrons. The molecule has 0 aliphatic heterocycles. The number of para-hydroxylation sites is 1. The lowest BCUT2D eigenvalue weighted by atomic mass is 10.0. The van der Waals surface area contributed by atoms with E-state index in [9.17, 15) is 5.11 Å². The Morgan fingerprint density at radius 1 is 1.14 bits per heavy atom. The van der Waals surface area contributed by atoms with E-state index in [1.54, 1.807) is 7.11 Å². The van der Waals surface area contributed by atoms with Crippen LogP contribution < -0.4 is 10.1 Å². The summed E-state index contributed by atoms with van der Waals surface area (Å²) in [6, 6.07) is 16.3. The molecule has 0 bridgehead atoms. The van der Waals surface area contributed by atoms with E-state index in [-0.39, 0.29) is 18.2 Å². The van der Waals surface area contributed by atoms with Crippen LogP contribution in [0.4, 0.5) is 0 Å². The van der Waals surface area contributed by atoms with Gasteiger partial charge in [0, 0.05) is 18.0 Å². The van der Waals surface area contributed by atoms with E-state index in [1.807, 2.05) is 30.3 Å². The topological polar surface area (TPSA) is 41.5 Å². The third-order valence-corrected chi connectivity index (χ3v) is 4.24. The predicted octanol–water partition coefficient (Wildman–Crippen LogP) is 3.00. The van der Waals surface area contributed by atoms with Crippen molar-refractivity contribution in [2.24, 2.45) is 0 Å². The Hall–Kier alpha value is -1.84. The molecule has 3 atom stereocenters. The number of aliphatic hydroxyl groups is 1. The fourth-order valence-corrected chi connectivity index (χ4v) is 3.16. The molecule has 3 unspecified atom stereocenters. The van der Waals surface area contributed by atoms with Crippen molar-refractivity contribution in [3.63, 3.8) is 0 Å². The molecule has 0 spiro atoms. The summed E-state index contributed by atoms with van der Waals surface area (Å²) in [5.41, 5.74) is 3.54. The van der Waals surface area contributed by atoms with Crippen molar-refractivity contribution in [3.05, 3.63) is 65.2 Å². The molecule has 0 heterocycles. The molecule has 2 N–H and O–H groups in total. The average Bonchev–Trinajstić information content (AvgIpc) is 2.83. The van der Waals surface area contributed by atoms with Gasteiger partial charge < -0.3 is 15.2 Å². The zero-order valence-corrected chi connectivity index (χ0v) is 12.4. The molecular weight excluding hydrogens is 262 g/mol. The minimum absolute atomic E-state index is 0.0267. The second-order valence-corrected chi connectivity index (χ2v) is 5.58. The summed E-state index contributed by atoms with van der Waals surface area (Å²) in [5.74, 6) is 0.873. The Balaban J connectivity index is 1.83. The summed E-state index contributed by atoms with van der Waals surface area (Å²) in [5, 5.41) is 13.9. The zero-order valence-electron chi connectivity index (χ0n) is 12.4. The molecule has 0 amide bonds. The van der Waals surface area contributed by atoms with Crippen molar-refractivity contribution in [1.82, 2.24) is 5.32 Å². The Bertz CT molecular complexity index is 626. The lowest BCUT2D eigenvalue weighted by molar-refractivity contribution is 0.135. The highest BCUT2D eigenvalue weighted by atomic mass is 16.5. The highest BCUT2D eigenvalue weighted by Gasteiger charge is 2.31. The lowest BCUT2D eigenvalue weighted by Crippen LogP contribution is -2.31. The van der Waals surface area contributed by atoms with Crippen molar-refractivity contribution in [2.75, 3.05) is 7.11 Å². The standard InChI is InChI=1S/C18H21NO2/c1-12(14-8-5-6-10-17(14)21-2)19-18-15-9-4-3-7-13(15)11-16(18)20/h3-10,12,16,18-20H,11H2,1-2H3. The molecule has 3 heteroatoms. The largest absolute Gasteiger partial charge is 0.496 e. The molecule has 0 aromatic heterocycles. The van der Waals surface area contributed by atoms with Crippen LogP contribution in [0.1, 0.15) is 35.7 Å². The summed E-state index contributed by atoms with van der Waals surface area (Å²) in [6.07, 6.45) is 0.339. The van der Waals surface area contributed by atoms with Crippen LogP contribution in [0.5, 0.6) is 5.75 Å². The van der Waals surface area contributed by atoms with Gasteiger partial charge in [-0.2, -0.15) is 0 Å². The second-order valence-electron chi connectivity index (χ2n) is 5.58. The Morgan fingerprint density at radius 2 is 1.86 bits per heavy atom. The van der Waals surface area contributed by atoms with Crippen LogP contribution in [0.15, 0.2) is 48.5 Å². The van der Waals surface area contributed by atoms with Gasteiger partial charge in [0.2, 0.25) is 0 Å². The van der Waals surface area contributed by atoms with Gasteiger partial charge in [-0.3, -0.25) is 0 Å². The second kappa shape index (κ2) is 5.88. The smallest absolute Gasteiger partial charge is 0.123 e. The van der Waals surface area contributed by atoms with Crippen LogP contribution >= 0.6 is 0 Å². The SMILES string of the molecule is COc1ccccc1C(C)NC1c2ccccc2CC1O. The highest BCUT2D eigenvalue weighted by molar-refractivity contribution is 5.39. The molecule has 1 aliphatic rings. The molecule has 2 aromatic rings. The van der Waals surface area contributed by atoms with E-state index in [4.69, 9.17) is 4.74 Å². The quantitative estimate of drug-likeness (QED) is 0.906. The van der Waals surface area contributed by atoms with Crippen LogP contribution in [-0.2, 0) is 6.42 Å². The van der Waals surface area contributed by atoms with Crippen molar-refractivity contribution in [2.45, 2.75) is 31.5 Å². The summed E-state index contributed by atoms with van der Waals surface area (Å²) < 4.78 is 5.42. The van der Waals surface area contributed by atoms with Gasteiger partial charge in [0.15, 0.2) is 0 Å². The maximum Gasteiger partial charge on any atom is 0.123 e. The van der Waals surface area contributed by atoms with Crippen LogP contribution in [-0.4, -0.2) is 18.3 Å². The number of rotatable bonds is 4. The van der Waals surface area contributed by atoms with Gasteiger partial charge in [-0.15, -0.1) is 0 Å². The Morgan fingerprint density at radius 3 is 2.67 bits per heavy atom. The van der Waals surface area contributed by atoms with Crippen LogP contribution in [0, 0.1) is 0 Å². The number of nitrogens with one attached hydrogen (secondary N) is 1. The van der Waals surface area contributed by atoms with Gasteiger partial charge in [-0.05, 0) is 24.1 Å². The van der Waals surface area contributed by atoms with Gasteiger partial charge >= 0.3 is 0 Å².